The molecule has 0 radical (unpaired) electrons. The predicted octanol–water partition coefficient (Wildman–Crippen LogP) is 0.699. The van der Waals surface area contributed by atoms with Crippen molar-refractivity contribution in [1.29, 1.82) is 0 Å². The third kappa shape index (κ3) is 3.06. The average Bonchev–Trinajstić information content (AvgIpc) is 2.82. The van der Waals surface area contributed by atoms with Gasteiger partial charge in [0.25, 0.3) is 0 Å². The second-order valence-corrected chi connectivity index (χ2v) is 6.27. The Kier molecular flexibility index (Phi) is 4.22. The maximum Gasteiger partial charge on any atom is 0.241 e. The first-order valence-electron chi connectivity index (χ1n) is 6.10. The summed E-state index contributed by atoms with van der Waals surface area (Å²) < 4.78 is 28.9. The minimum Gasteiger partial charge on any atom is -0.392 e. The highest BCUT2D eigenvalue weighted by molar-refractivity contribution is 7.89. The summed E-state index contributed by atoms with van der Waals surface area (Å²) in [6.07, 6.45) is 3.36. The highest BCUT2D eigenvalue weighted by Crippen LogP contribution is 2.17. The molecule has 0 unspecified atom stereocenters. The number of nitrogens with one attached hydrogen (secondary N) is 1. The van der Waals surface area contributed by atoms with Gasteiger partial charge in [0, 0.05) is 19.4 Å². The Labute approximate surface area is 118 Å². The fourth-order valence-electron chi connectivity index (χ4n) is 1.84. The third-order valence-electron chi connectivity index (χ3n) is 3.07. The first-order chi connectivity index (χ1) is 9.44. The number of benzene rings is 1. The van der Waals surface area contributed by atoms with Gasteiger partial charge < -0.3 is 9.67 Å². The second kappa shape index (κ2) is 5.74. The zero-order valence-electron chi connectivity index (χ0n) is 11.4. The molecule has 0 fully saturated rings. The van der Waals surface area contributed by atoms with Crippen molar-refractivity contribution >= 4 is 10.0 Å². The van der Waals surface area contributed by atoms with Crippen LogP contribution in [-0.4, -0.2) is 23.1 Å². The summed E-state index contributed by atoms with van der Waals surface area (Å²) in [5.41, 5.74) is 1.20. The fraction of sp³-hybridized carbons (Fsp3) is 0.308. The van der Waals surface area contributed by atoms with E-state index in [4.69, 9.17) is 5.11 Å². The standard InChI is InChI=1S/C13H17N3O3S/c1-10-3-4-11(9-17)7-12(10)20(18,19)15-8-13-14-5-6-16(13)2/h3-7,15,17H,8-9H2,1-2H3. The number of aromatic nitrogens is 2. The Hall–Kier alpha value is -1.70. The van der Waals surface area contributed by atoms with E-state index >= 15 is 0 Å². The van der Waals surface area contributed by atoms with Gasteiger partial charge in [-0.3, -0.25) is 0 Å². The number of hydrogen-bond acceptors (Lipinski definition) is 4. The molecule has 0 saturated carbocycles. The summed E-state index contributed by atoms with van der Waals surface area (Å²) >= 11 is 0. The molecule has 0 aliphatic rings. The average molecular weight is 295 g/mol. The summed E-state index contributed by atoms with van der Waals surface area (Å²) in [6, 6.07) is 4.87. The maximum atomic E-state index is 12.3. The van der Waals surface area contributed by atoms with Gasteiger partial charge in [-0.2, -0.15) is 0 Å². The molecule has 1 aromatic heterocycles. The first kappa shape index (κ1) is 14.7. The number of hydrogen-bond donors (Lipinski definition) is 2. The van der Waals surface area contributed by atoms with Crippen LogP contribution in [0.25, 0.3) is 0 Å². The minimum absolute atomic E-state index is 0.120. The number of imidazole rings is 1. The molecule has 7 heteroatoms. The van der Waals surface area contributed by atoms with Gasteiger partial charge in [-0.05, 0) is 24.1 Å². The first-order valence-corrected chi connectivity index (χ1v) is 7.58. The van der Waals surface area contributed by atoms with Crippen LogP contribution in [0.5, 0.6) is 0 Å². The molecule has 2 N–H and O–H groups in total. The van der Waals surface area contributed by atoms with Crippen LogP contribution in [0.2, 0.25) is 0 Å². The molecule has 20 heavy (non-hydrogen) atoms. The van der Waals surface area contributed by atoms with Gasteiger partial charge in [-0.25, -0.2) is 18.1 Å². The molecule has 2 rings (SSSR count). The van der Waals surface area contributed by atoms with Crippen LogP contribution in [0.15, 0.2) is 35.5 Å². The van der Waals surface area contributed by atoms with Gasteiger partial charge in [0.05, 0.1) is 18.0 Å². The third-order valence-corrected chi connectivity index (χ3v) is 4.61. The molecular formula is C13H17N3O3S. The molecule has 2 aromatic rings. The lowest BCUT2D eigenvalue weighted by atomic mass is 10.2. The van der Waals surface area contributed by atoms with Crippen LogP contribution in [-0.2, 0) is 30.2 Å². The lowest BCUT2D eigenvalue weighted by molar-refractivity contribution is 0.281. The van der Waals surface area contributed by atoms with E-state index in [1.807, 2.05) is 0 Å². The van der Waals surface area contributed by atoms with Gasteiger partial charge in [0.2, 0.25) is 10.0 Å². The molecule has 6 nitrogen and oxygen atoms in total. The van der Waals surface area contributed by atoms with Gasteiger partial charge in [-0.15, -0.1) is 0 Å². The minimum atomic E-state index is -3.63. The van der Waals surface area contributed by atoms with Crippen molar-refractivity contribution in [3.8, 4) is 0 Å². The van der Waals surface area contributed by atoms with Crippen LogP contribution < -0.4 is 4.72 Å². The number of rotatable bonds is 5. The molecular weight excluding hydrogens is 278 g/mol. The van der Waals surface area contributed by atoms with Crippen molar-refractivity contribution in [1.82, 2.24) is 14.3 Å². The molecule has 0 aliphatic heterocycles. The lowest BCUT2D eigenvalue weighted by Crippen LogP contribution is -2.25. The van der Waals surface area contributed by atoms with Crippen molar-refractivity contribution in [2.45, 2.75) is 25.0 Å². The summed E-state index contributed by atoms with van der Waals surface area (Å²) in [4.78, 5) is 4.24. The molecule has 0 spiro atoms. The van der Waals surface area contributed by atoms with Crippen LogP contribution >= 0.6 is 0 Å². The SMILES string of the molecule is Cc1ccc(CO)cc1S(=O)(=O)NCc1nccn1C. The van der Waals surface area contributed by atoms with Crippen LogP contribution in [0.4, 0.5) is 0 Å². The summed E-state index contributed by atoms with van der Waals surface area (Å²) in [6.45, 7) is 1.65. The number of sulfonamides is 1. The zero-order chi connectivity index (χ0) is 14.8. The van der Waals surface area contributed by atoms with E-state index in [1.54, 1.807) is 43.1 Å². The monoisotopic (exact) mass is 295 g/mol. The summed E-state index contributed by atoms with van der Waals surface area (Å²) in [7, 11) is -1.83. The van der Waals surface area contributed by atoms with Crippen molar-refractivity contribution in [2.75, 3.05) is 0 Å². The normalized spacial score (nSPS) is 11.8. The Morgan fingerprint density at radius 1 is 1.40 bits per heavy atom. The Balaban J connectivity index is 2.24. The number of aryl methyl sites for hydroxylation is 2. The molecule has 1 aromatic carbocycles. The number of nitrogens with zero attached hydrogens (tertiary/aromatic N) is 2. The van der Waals surface area contributed by atoms with Crippen molar-refractivity contribution in [2.24, 2.45) is 7.05 Å². The maximum absolute atomic E-state index is 12.3. The van der Waals surface area contributed by atoms with E-state index in [9.17, 15) is 8.42 Å². The highest BCUT2D eigenvalue weighted by atomic mass is 32.2. The van der Waals surface area contributed by atoms with Gasteiger partial charge in [-0.1, -0.05) is 12.1 Å². The van der Waals surface area contributed by atoms with E-state index < -0.39 is 10.0 Å². The van der Waals surface area contributed by atoms with Gasteiger partial charge in [0.15, 0.2) is 0 Å². The Morgan fingerprint density at radius 2 is 2.15 bits per heavy atom. The molecule has 0 aliphatic carbocycles. The predicted molar refractivity (Wildman–Crippen MR) is 74.3 cm³/mol. The largest absolute Gasteiger partial charge is 0.392 e. The summed E-state index contributed by atoms with van der Waals surface area (Å²) in [5.74, 6) is 0.629. The van der Waals surface area contributed by atoms with E-state index in [0.29, 0.717) is 17.0 Å². The molecule has 1 heterocycles. The van der Waals surface area contributed by atoms with Crippen molar-refractivity contribution in [3.05, 3.63) is 47.5 Å². The molecule has 0 atom stereocenters. The Bertz CT molecular complexity index is 707. The summed E-state index contributed by atoms with van der Waals surface area (Å²) in [5, 5.41) is 9.11. The highest BCUT2D eigenvalue weighted by Gasteiger charge is 2.17. The Morgan fingerprint density at radius 3 is 2.75 bits per heavy atom. The van der Waals surface area contributed by atoms with E-state index in [1.165, 1.54) is 6.07 Å². The number of aliphatic hydroxyl groups is 1. The quantitative estimate of drug-likeness (QED) is 0.850. The van der Waals surface area contributed by atoms with E-state index in [-0.39, 0.29) is 18.0 Å². The van der Waals surface area contributed by atoms with Crippen molar-refractivity contribution < 1.29 is 13.5 Å². The van der Waals surface area contributed by atoms with Crippen LogP contribution in [0.1, 0.15) is 17.0 Å². The fourth-order valence-corrected chi connectivity index (χ4v) is 3.11. The second-order valence-electron chi connectivity index (χ2n) is 4.54. The molecule has 0 saturated heterocycles. The van der Waals surface area contributed by atoms with E-state index in [0.717, 1.165) is 0 Å². The van der Waals surface area contributed by atoms with Crippen LogP contribution in [0, 0.1) is 6.92 Å². The van der Waals surface area contributed by atoms with Crippen molar-refractivity contribution in [3.63, 3.8) is 0 Å². The van der Waals surface area contributed by atoms with Gasteiger partial charge >= 0.3 is 0 Å². The topological polar surface area (TPSA) is 84.2 Å². The smallest absolute Gasteiger partial charge is 0.241 e. The van der Waals surface area contributed by atoms with Gasteiger partial charge in [0.1, 0.15) is 5.82 Å². The molecule has 0 bridgehead atoms. The van der Waals surface area contributed by atoms with E-state index in [2.05, 4.69) is 9.71 Å². The molecule has 108 valence electrons. The molecule has 0 amide bonds. The number of aliphatic hydroxyl groups excluding tert-OH is 1. The van der Waals surface area contributed by atoms with Crippen LogP contribution in [0.3, 0.4) is 0 Å². The zero-order valence-corrected chi connectivity index (χ0v) is 12.2. The lowest BCUT2D eigenvalue weighted by Gasteiger charge is -2.10.